The molecular weight excluding hydrogens is 184 g/mol. The highest BCUT2D eigenvalue weighted by molar-refractivity contribution is 5.78. The highest BCUT2D eigenvalue weighted by atomic mass is 16.4. The van der Waals surface area contributed by atoms with Crippen LogP contribution in [-0.4, -0.2) is 36.1 Å². The Balaban J connectivity index is 3.81. The maximum absolute atomic E-state index is 11.0. The van der Waals surface area contributed by atoms with E-state index in [2.05, 4.69) is 10.6 Å². The van der Waals surface area contributed by atoms with Crippen molar-refractivity contribution in [2.45, 2.75) is 32.7 Å². The highest BCUT2D eigenvalue weighted by Crippen LogP contribution is 1.97. The second-order valence-corrected chi connectivity index (χ2v) is 2.94. The fourth-order valence-corrected chi connectivity index (χ4v) is 1.12. The number of carbonyl (C=O) groups is 2. The largest absolute Gasteiger partial charge is 0.480 e. The molecule has 0 saturated heterocycles. The van der Waals surface area contributed by atoms with Crippen LogP contribution >= 0.6 is 0 Å². The zero-order chi connectivity index (χ0) is 11.0. The Morgan fingerprint density at radius 3 is 2.36 bits per heavy atom. The smallest absolute Gasteiger partial charge is 0.320 e. The molecule has 5 heteroatoms. The van der Waals surface area contributed by atoms with Gasteiger partial charge in [-0.05, 0) is 19.9 Å². The van der Waals surface area contributed by atoms with Gasteiger partial charge in [0.1, 0.15) is 6.04 Å². The summed E-state index contributed by atoms with van der Waals surface area (Å²) < 4.78 is 0. The van der Waals surface area contributed by atoms with E-state index in [4.69, 9.17) is 5.11 Å². The van der Waals surface area contributed by atoms with Crippen molar-refractivity contribution < 1.29 is 14.7 Å². The molecule has 0 unspecified atom stereocenters. The summed E-state index contributed by atoms with van der Waals surface area (Å²) in [5, 5.41) is 14.2. The lowest BCUT2D eigenvalue weighted by molar-refractivity contribution is -0.139. The third kappa shape index (κ3) is 5.53. The predicted octanol–water partition coefficient (Wildman–Crippen LogP) is -0.0346. The van der Waals surface area contributed by atoms with Gasteiger partial charge in [-0.25, -0.2) is 0 Å². The number of nitrogens with one attached hydrogen (secondary N) is 2. The maximum Gasteiger partial charge on any atom is 0.320 e. The highest BCUT2D eigenvalue weighted by Gasteiger charge is 2.16. The van der Waals surface area contributed by atoms with Crippen molar-refractivity contribution in [3.8, 4) is 0 Å². The molecule has 0 aliphatic rings. The van der Waals surface area contributed by atoms with Crippen LogP contribution in [0.15, 0.2) is 0 Å². The van der Waals surface area contributed by atoms with Crippen molar-refractivity contribution >= 4 is 11.9 Å². The molecule has 0 saturated carbocycles. The number of hydrogen-bond acceptors (Lipinski definition) is 3. The van der Waals surface area contributed by atoms with E-state index in [-0.39, 0.29) is 12.3 Å². The molecule has 1 amide bonds. The molecule has 0 aliphatic heterocycles. The van der Waals surface area contributed by atoms with Gasteiger partial charge in [-0.2, -0.15) is 0 Å². The molecule has 0 rings (SSSR count). The average molecular weight is 202 g/mol. The summed E-state index contributed by atoms with van der Waals surface area (Å²) in [6.45, 7) is 4.84. The Bertz CT molecular complexity index is 194. The third-order valence-electron chi connectivity index (χ3n) is 1.78. The second-order valence-electron chi connectivity index (χ2n) is 2.94. The van der Waals surface area contributed by atoms with Gasteiger partial charge in [0.05, 0.1) is 0 Å². The van der Waals surface area contributed by atoms with Crippen LogP contribution in [0, 0.1) is 0 Å². The van der Waals surface area contributed by atoms with Gasteiger partial charge < -0.3 is 15.7 Å². The Kier molecular flexibility index (Phi) is 6.74. The van der Waals surface area contributed by atoms with Crippen molar-refractivity contribution in [2.24, 2.45) is 0 Å². The Labute approximate surface area is 83.9 Å². The molecule has 0 aromatic carbocycles. The van der Waals surface area contributed by atoms with E-state index in [0.29, 0.717) is 19.5 Å². The van der Waals surface area contributed by atoms with E-state index in [1.54, 1.807) is 0 Å². The van der Waals surface area contributed by atoms with E-state index in [1.165, 1.54) is 0 Å². The first-order chi connectivity index (χ1) is 6.61. The van der Waals surface area contributed by atoms with Gasteiger partial charge in [-0.1, -0.05) is 6.92 Å². The van der Waals surface area contributed by atoms with Crippen molar-refractivity contribution in [1.82, 2.24) is 10.6 Å². The predicted molar refractivity (Wildman–Crippen MR) is 53.0 cm³/mol. The van der Waals surface area contributed by atoms with Crippen molar-refractivity contribution in [3.63, 3.8) is 0 Å². The normalized spacial score (nSPS) is 12.1. The van der Waals surface area contributed by atoms with Gasteiger partial charge in [0.25, 0.3) is 0 Å². The second kappa shape index (κ2) is 7.32. The average Bonchev–Trinajstić information content (AvgIpc) is 2.12. The van der Waals surface area contributed by atoms with Gasteiger partial charge >= 0.3 is 5.97 Å². The molecule has 0 aliphatic carbocycles. The van der Waals surface area contributed by atoms with Crippen LogP contribution in [0.4, 0.5) is 0 Å². The van der Waals surface area contributed by atoms with Crippen LogP contribution in [0.2, 0.25) is 0 Å². The molecule has 5 nitrogen and oxygen atoms in total. The standard InChI is InChI=1S/C9H18N2O3/c1-3-10-7(9(13)14)5-6-8(12)11-4-2/h7,10H,3-6H2,1-2H3,(H,11,12)(H,13,14)/t7-/m0/s1. The molecule has 0 fully saturated rings. The fraction of sp³-hybridized carbons (Fsp3) is 0.778. The molecule has 0 heterocycles. The number of carboxylic acids is 1. The number of likely N-dealkylation sites (N-methyl/N-ethyl adjacent to an activating group) is 1. The summed E-state index contributed by atoms with van der Waals surface area (Å²) in [6, 6.07) is -0.623. The fourth-order valence-electron chi connectivity index (χ4n) is 1.12. The lowest BCUT2D eigenvalue weighted by atomic mass is 10.1. The van der Waals surface area contributed by atoms with Gasteiger partial charge in [-0.3, -0.25) is 9.59 Å². The van der Waals surface area contributed by atoms with E-state index >= 15 is 0 Å². The number of rotatable bonds is 7. The number of amides is 1. The van der Waals surface area contributed by atoms with Gasteiger partial charge in [0, 0.05) is 13.0 Å². The first-order valence-corrected chi connectivity index (χ1v) is 4.84. The summed E-state index contributed by atoms with van der Waals surface area (Å²) >= 11 is 0. The quantitative estimate of drug-likeness (QED) is 0.541. The summed E-state index contributed by atoms with van der Waals surface area (Å²) in [4.78, 5) is 21.7. The van der Waals surface area contributed by atoms with Crippen molar-refractivity contribution in [3.05, 3.63) is 0 Å². The SMILES string of the molecule is CCNC(=O)CC[C@H](NCC)C(=O)O. The summed E-state index contributed by atoms with van der Waals surface area (Å²) in [5.74, 6) is -1.01. The first-order valence-electron chi connectivity index (χ1n) is 4.84. The van der Waals surface area contributed by atoms with E-state index in [0.717, 1.165) is 0 Å². The van der Waals surface area contributed by atoms with E-state index in [9.17, 15) is 9.59 Å². The lowest BCUT2D eigenvalue weighted by Crippen LogP contribution is -2.37. The minimum absolute atomic E-state index is 0.100. The Hall–Kier alpha value is -1.10. The molecule has 82 valence electrons. The van der Waals surface area contributed by atoms with Crippen LogP contribution in [0.1, 0.15) is 26.7 Å². The van der Waals surface area contributed by atoms with Crippen LogP contribution in [0.5, 0.6) is 0 Å². The van der Waals surface area contributed by atoms with Crippen molar-refractivity contribution in [1.29, 1.82) is 0 Å². The zero-order valence-corrected chi connectivity index (χ0v) is 8.67. The molecule has 0 radical (unpaired) electrons. The lowest BCUT2D eigenvalue weighted by Gasteiger charge is -2.12. The molecule has 0 bridgehead atoms. The van der Waals surface area contributed by atoms with Gasteiger partial charge in [0.15, 0.2) is 0 Å². The number of aliphatic carboxylic acids is 1. The van der Waals surface area contributed by atoms with Crippen LogP contribution < -0.4 is 10.6 Å². The summed E-state index contributed by atoms with van der Waals surface area (Å²) in [5.41, 5.74) is 0. The molecule has 0 spiro atoms. The summed E-state index contributed by atoms with van der Waals surface area (Å²) in [6.07, 6.45) is 0.576. The van der Waals surface area contributed by atoms with Crippen molar-refractivity contribution in [2.75, 3.05) is 13.1 Å². The van der Waals surface area contributed by atoms with Gasteiger partial charge in [-0.15, -0.1) is 0 Å². The Morgan fingerprint density at radius 1 is 1.29 bits per heavy atom. The molecule has 14 heavy (non-hydrogen) atoms. The zero-order valence-electron chi connectivity index (χ0n) is 8.67. The summed E-state index contributed by atoms with van der Waals surface area (Å²) in [7, 11) is 0. The van der Waals surface area contributed by atoms with Crippen LogP contribution in [-0.2, 0) is 9.59 Å². The molecular formula is C9H18N2O3. The topological polar surface area (TPSA) is 78.4 Å². The van der Waals surface area contributed by atoms with E-state index < -0.39 is 12.0 Å². The van der Waals surface area contributed by atoms with Crippen LogP contribution in [0.3, 0.4) is 0 Å². The molecule has 0 aromatic heterocycles. The molecule has 3 N–H and O–H groups in total. The van der Waals surface area contributed by atoms with E-state index in [1.807, 2.05) is 13.8 Å². The Morgan fingerprint density at radius 2 is 1.93 bits per heavy atom. The molecule has 1 atom stereocenters. The number of carbonyl (C=O) groups excluding carboxylic acids is 1. The first kappa shape index (κ1) is 12.9. The maximum atomic E-state index is 11.0. The molecule has 0 aromatic rings. The number of carboxylic acid groups (broad SMARTS) is 1. The monoisotopic (exact) mass is 202 g/mol. The van der Waals surface area contributed by atoms with Crippen LogP contribution in [0.25, 0.3) is 0 Å². The van der Waals surface area contributed by atoms with Gasteiger partial charge in [0.2, 0.25) is 5.91 Å². The minimum Gasteiger partial charge on any atom is -0.480 e. The number of hydrogen-bond donors (Lipinski definition) is 3. The minimum atomic E-state index is -0.906. The third-order valence-corrected chi connectivity index (χ3v) is 1.78.